The standard InChI is InChI=1S/C42H45N3O2.Pt/c1-24(2)26-18-27(39-44-36-14-10-11-15-42(36,9)47-39)20-29(19-26)46-35-23-34-30(17-25(35)3)31-21-28(40(4,5)6)22-33-37(31)45(34)38-32(41(33,7)8)13-12-16-43-38;/h12-13,16-19,21-22,24,36H,10-11,14-15H2,1-9H3;/q-2;+2/t36-,42-;/m0./s1. The topological polar surface area (TPSA) is 48.6 Å². The fraction of sp³-hybridized carbons (Fsp3) is 0.429. The first kappa shape index (κ1) is 33.1. The summed E-state index contributed by atoms with van der Waals surface area (Å²) in [6.45, 7) is 20.3. The second-order valence-electron chi connectivity index (χ2n) is 16.1. The minimum atomic E-state index is -0.228. The number of hydrogen-bond donors (Lipinski definition) is 0. The van der Waals surface area contributed by atoms with E-state index in [2.05, 4.69) is 115 Å². The molecule has 8 rings (SSSR count). The minimum Gasteiger partial charge on any atom is -0.512 e. The molecule has 5 aromatic rings. The molecule has 0 N–H and O–H groups in total. The molecule has 2 aliphatic heterocycles. The first-order valence-electron chi connectivity index (χ1n) is 17.3. The summed E-state index contributed by atoms with van der Waals surface area (Å²) < 4.78 is 15.6. The molecule has 0 spiro atoms. The number of fused-ring (bicyclic) bond motifs is 6. The zero-order valence-electron chi connectivity index (χ0n) is 29.6. The van der Waals surface area contributed by atoms with Crippen molar-refractivity contribution in [1.29, 1.82) is 0 Å². The molecule has 1 saturated carbocycles. The molecule has 2 atom stereocenters. The maximum atomic E-state index is 6.75. The van der Waals surface area contributed by atoms with Gasteiger partial charge in [0.1, 0.15) is 17.3 Å². The first-order chi connectivity index (χ1) is 22.2. The van der Waals surface area contributed by atoms with Gasteiger partial charge in [-0.15, -0.1) is 28.6 Å². The van der Waals surface area contributed by atoms with E-state index in [0.29, 0.717) is 23.3 Å². The summed E-state index contributed by atoms with van der Waals surface area (Å²) >= 11 is 0. The van der Waals surface area contributed by atoms with Gasteiger partial charge < -0.3 is 14.0 Å². The summed E-state index contributed by atoms with van der Waals surface area (Å²) in [7, 11) is 0. The first-order valence-corrected chi connectivity index (χ1v) is 17.3. The van der Waals surface area contributed by atoms with Crippen LogP contribution in [0.5, 0.6) is 11.5 Å². The molecular formula is C42H45N3O2Pt. The maximum Gasteiger partial charge on any atom is 2.00 e. The largest absolute Gasteiger partial charge is 2.00 e. The van der Waals surface area contributed by atoms with Gasteiger partial charge in [-0.25, -0.2) is 4.98 Å². The van der Waals surface area contributed by atoms with E-state index in [1.54, 1.807) is 0 Å². The van der Waals surface area contributed by atoms with Crippen molar-refractivity contribution in [2.75, 3.05) is 0 Å². The van der Waals surface area contributed by atoms with E-state index in [0.717, 1.165) is 40.7 Å². The Morgan fingerprint density at radius 3 is 2.52 bits per heavy atom. The van der Waals surface area contributed by atoms with E-state index in [9.17, 15) is 0 Å². The normalized spacial score (nSPS) is 21.0. The monoisotopic (exact) mass is 818 g/mol. The molecule has 0 amide bonds. The number of aliphatic imine (C=N–C) groups is 1. The number of hydrogen-bond acceptors (Lipinski definition) is 4. The van der Waals surface area contributed by atoms with Crippen LogP contribution in [0.3, 0.4) is 0 Å². The smallest absolute Gasteiger partial charge is 0.512 e. The van der Waals surface area contributed by atoms with Gasteiger partial charge in [0.15, 0.2) is 0 Å². The zero-order valence-corrected chi connectivity index (χ0v) is 31.8. The molecule has 0 saturated heterocycles. The Hall–Kier alpha value is -3.43. The van der Waals surface area contributed by atoms with E-state index in [-0.39, 0.29) is 43.5 Å². The molecular weight excluding hydrogens is 774 g/mol. The molecule has 6 heteroatoms. The van der Waals surface area contributed by atoms with Crippen LogP contribution in [0.15, 0.2) is 53.7 Å². The van der Waals surface area contributed by atoms with Crippen LogP contribution < -0.4 is 4.74 Å². The van der Waals surface area contributed by atoms with Gasteiger partial charge in [0.25, 0.3) is 0 Å². The van der Waals surface area contributed by atoms with Crippen molar-refractivity contribution in [2.24, 2.45) is 4.99 Å². The second-order valence-corrected chi connectivity index (χ2v) is 16.1. The van der Waals surface area contributed by atoms with Gasteiger partial charge in [-0.2, -0.15) is 6.07 Å². The van der Waals surface area contributed by atoms with Crippen molar-refractivity contribution in [2.45, 2.75) is 116 Å². The molecule has 48 heavy (non-hydrogen) atoms. The van der Waals surface area contributed by atoms with Gasteiger partial charge in [0, 0.05) is 34.2 Å². The van der Waals surface area contributed by atoms with Crippen LogP contribution in [0.4, 0.5) is 0 Å². The average Bonchev–Trinajstić information content (AvgIpc) is 3.54. The van der Waals surface area contributed by atoms with Gasteiger partial charge in [-0.3, -0.25) is 4.99 Å². The fourth-order valence-electron chi connectivity index (χ4n) is 7.93. The second kappa shape index (κ2) is 11.3. The van der Waals surface area contributed by atoms with Crippen molar-refractivity contribution < 1.29 is 30.5 Å². The predicted molar refractivity (Wildman–Crippen MR) is 191 cm³/mol. The fourth-order valence-corrected chi connectivity index (χ4v) is 7.93. The Labute approximate surface area is 299 Å². The molecule has 0 radical (unpaired) electrons. The molecule has 4 heterocycles. The van der Waals surface area contributed by atoms with Crippen LogP contribution in [0.1, 0.15) is 120 Å². The van der Waals surface area contributed by atoms with Crippen molar-refractivity contribution >= 4 is 27.7 Å². The number of rotatable bonds is 4. The van der Waals surface area contributed by atoms with Gasteiger partial charge in [-0.05, 0) is 60.1 Å². The van der Waals surface area contributed by atoms with Crippen LogP contribution in [0.25, 0.3) is 27.6 Å². The van der Waals surface area contributed by atoms with E-state index in [4.69, 9.17) is 19.5 Å². The summed E-state index contributed by atoms with van der Waals surface area (Å²) in [5, 5.41) is 2.40. The zero-order chi connectivity index (χ0) is 33.0. The van der Waals surface area contributed by atoms with Gasteiger partial charge >= 0.3 is 21.1 Å². The summed E-state index contributed by atoms with van der Waals surface area (Å²) in [6.07, 6.45) is 6.39. The van der Waals surface area contributed by atoms with Gasteiger partial charge in [-0.1, -0.05) is 103 Å². The molecule has 250 valence electrons. The SMILES string of the molecule is Cc1cc2c3cc(C(C)(C)C)cc4c3n(c2[c-]c1Oc1[c-]c(C2=N[C@H]3CCCC[C@]3(C)O2)cc(C(C)C)c1)-c1ncccc1C4(C)C.[Pt+2]. The summed E-state index contributed by atoms with van der Waals surface area (Å²) in [5.74, 6) is 3.30. The Kier molecular flexibility index (Phi) is 7.79. The minimum absolute atomic E-state index is 0. The van der Waals surface area contributed by atoms with Crippen LogP contribution in [-0.4, -0.2) is 27.1 Å². The quantitative estimate of drug-likeness (QED) is 0.170. The molecule has 2 aromatic heterocycles. The molecule has 1 fully saturated rings. The van der Waals surface area contributed by atoms with Crippen LogP contribution in [-0.2, 0) is 36.6 Å². The Morgan fingerprint density at radius 1 is 1.00 bits per heavy atom. The molecule has 5 nitrogen and oxygen atoms in total. The van der Waals surface area contributed by atoms with Crippen molar-refractivity contribution in [1.82, 2.24) is 9.55 Å². The number of nitrogens with zero attached hydrogens (tertiary/aromatic N) is 3. The Morgan fingerprint density at radius 2 is 1.79 bits per heavy atom. The summed E-state index contributed by atoms with van der Waals surface area (Å²) in [6, 6.07) is 23.1. The average molecular weight is 819 g/mol. The Bertz CT molecular complexity index is 2130. The van der Waals surface area contributed by atoms with E-state index in [1.165, 1.54) is 46.0 Å². The van der Waals surface area contributed by atoms with Crippen molar-refractivity contribution in [3.8, 4) is 17.3 Å². The number of pyridine rings is 1. The number of aryl methyl sites for hydroxylation is 1. The predicted octanol–water partition coefficient (Wildman–Crippen LogP) is 10.4. The van der Waals surface area contributed by atoms with Gasteiger partial charge in [0.05, 0.1) is 6.04 Å². The van der Waals surface area contributed by atoms with E-state index >= 15 is 0 Å². The van der Waals surface area contributed by atoms with Crippen molar-refractivity contribution in [3.05, 3.63) is 94.2 Å². The van der Waals surface area contributed by atoms with E-state index in [1.807, 2.05) is 12.3 Å². The molecule has 3 aromatic carbocycles. The van der Waals surface area contributed by atoms with Crippen molar-refractivity contribution in [3.63, 3.8) is 0 Å². The number of ether oxygens (including phenoxy) is 2. The molecule has 3 aliphatic rings. The Balaban J connectivity index is 0.00000364. The third-order valence-corrected chi connectivity index (χ3v) is 10.9. The third kappa shape index (κ3) is 5.06. The van der Waals surface area contributed by atoms with Crippen LogP contribution >= 0.6 is 0 Å². The molecule has 0 unspecified atom stereocenters. The number of benzene rings is 3. The number of aromatic nitrogens is 2. The molecule has 0 bridgehead atoms. The summed E-state index contributed by atoms with van der Waals surface area (Å²) in [4.78, 5) is 10.0. The maximum absolute atomic E-state index is 6.75. The summed E-state index contributed by atoms with van der Waals surface area (Å²) in [5.41, 5.74) is 8.67. The molecule has 1 aliphatic carbocycles. The third-order valence-electron chi connectivity index (χ3n) is 10.9. The van der Waals surface area contributed by atoms with Crippen LogP contribution in [0, 0.1) is 19.1 Å². The van der Waals surface area contributed by atoms with Gasteiger partial charge in [0.2, 0.25) is 0 Å². The van der Waals surface area contributed by atoms with E-state index < -0.39 is 0 Å². The van der Waals surface area contributed by atoms with Crippen LogP contribution in [0.2, 0.25) is 0 Å².